The van der Waals surface area contributed by atoms with Crippen molar-refractivity contribution in [1.29, 1.82) is 0 Å². The minimum atomic E-state index is -0.0636. The van der Waals surface area contributed by atoms with E-state index in [-0.39, 0.29) is 11.9 Å². The lowest BCUT2D eigenvalue weighted by atomic mass is 10.1. The molecule has 0 saturated carbocycles. The molecule has 1 N–H and O–H groups in total. The Morgan fingerprint density at radius 3 is 2.81 bits per heavy atom. The van der Waals surface area contributed by atoms with E-state index in [1.165, 1.54) is 0 Å². The van der Waals surface area contributed by atoms with Crippen LogP contribution in [0.2, 0.25) is 0 Å². The lowest BCUT2D eigenvalue weighted by molar-refractivity contribution is -0.121. The second-order valence-electron chi connectivity index (χ2n) is 6.64. The highest BCUT2D eigenvalue weighted by Gasteiger charge is 2.34. The van der Waals surface area contributed by atoms with Crippen molar-refractivity contribution in [2.24, 2.45) is 0 Å². The third kappa shape index (κ3) is 4.22. The molecule has 26 heavy (non-hydrogen) atoms. The number of hydrogen-bond acceptors (Lipinski definition) is 4. The number of hydrogen-bond donors (Lipinski definition) is 1. The Hall–Kier alpha value is -2.40. The van der Waals surface area contributed by atoms with E-state index >= 15 is 0 Å². The highest BCUT2D eigenvalue weighted by molar-refractivity contribution is 5.96. The molecule has 5 nitrogen and oxygen atoms in total. The van der Waals surface area contributed by atoms with Crippen LogP contribution >= 0.6 is 0 Å². The first-order valence-corrected chi connectivity index (χ1v) is 9.46. The lowest BCUT2D eigenvalue weighted by Gasteiger charge is -2.31. The van der Waals surface area contributed by atoms with Crippen LogP contribution in [0.4, 0.5) is 5.69 Å². The molecule has 0 spiro atoms. The van der Waals surface area contributed by atoms with Crippen molar-refractivity contribution in [2.45, 2.75) is 51.6 Å². The molecular formula is C21H27N3O2. The zero-order chi connectivity index (χ0) is 18.4. The molecule has 1 aliphatic rings. The van der Waals surface area contributed by atoms with Crippen LogP contribution in [0.1, 0.15) is 39.5 Å². The fourth-order valence-corrected chi connectivity index (χ4v) is 3.67. The monoisotopic (exact) mass is 353 g/mol. The zero-order valence-corrected chi connectivity index (χ0v) is 15.5. The first-order chi connectivity index (χ1) is 12.7. The number of benzene rings is 1. The van der Waals surface area contributed by atoms with Gasteiger partial charge in [0, 0.05) is 12.2 Å². The summed E-state index contributed by atoms with van der Waals surface area (Å²) in [5.41, 5.74) is 0.692. The van der Waals surface area contributed by atoms with Crippen LogP contribution in [0.5, 0.6) is 11.5 Å². The van der Waals surface area contributed by atoms with Crippen LogP contribution in [0, 0.1) is 0 Å². The van der Waals surface area contributed by atoms with E-state index < -0.39 is 0 Å². The maximum absolute atomic E-state index is 12.9. The SMILES string of the molecule is CCC(CC)N1CCC[C@H]1C(=O)Nc1ccccc1Oc1cccnc1. The number of pyridine rings is 1. The second kappa shape index (κ2) is 8.81. The molecule has 3 rings (SSSR count). The van der Waals surface area contributed by atoms with E-state index in [9.17, 15) is 4.79 Å². The Morgan fingerprint density at radius 1 is 1.27 bits per heavy atom. The van der Waals surface area contributed by atoms with Crippen LogP contribution in [-0.2, 0) is 4.79 Å². The van der Waals surface area contributed by atoms with Gasteiger partial charge in [0.15, 0.2) is 5.75 Å². The largest absolute Gasteiger partial charge is 0.454 e. The fourth-order valence-electron chi connectivity index (χ4n) is 3.67. The molecule has 1 aromatic heterocycles. The first-order valence-electron chi connectivity index (χ1n) is 9.46. The van der Waals surface area contributed by atoms with Crippen molar-refractivity contribution < 1.29 is 9.53 Å². The maximum Gasteiger partial charge on any atom is 0.241 e. The smallest absolute Gasteiger partial charge is 0.241 e. The summed E-state index contributed by atoms with van der Waals surface area (Å²) in [6.45, 7) is 5.38. The molecule has 1 saturated heterocycles. The lowest BCUT2D eigenvalue weighted by Crippen LogP contribution is -2.45. The summed E-state index contributed by atoms with van der Waals surface area (Å²) in [5, 5.41) is 3.08. The molecule has 5 heteroatoms. The van der Waals surface area contributed by atoms with Gasteiger partial charge in [-0.05, 0) is 56.5 Å². The molecule has 1 aliphatic heterocycles. The van der Waals surface area contributed by atoms with Gasteiger partial charge in [0.2, 0.25) is 5.91 Å². The Kier molecular flexibility index (Phi) is 6.23. The van der Waals surface area contributed by atoms with Crippen molar-refractivity contribution in [2.75, 3.05) is 11.9 Å². The number of rotatable bonds is 7. The number of nitrogens with zero attached hydrogens (tertiary/aromatic N) is 2. The number of carbonyl (C=O) groups is 1. The number of ether oxygens (including phenoxy) is 1. The molecule has 2 heterocycles. The third-order valence-electron chi connectivity index (χ3n) is 5.02. The van der Waals surface area contributed by atoms with Crippen molar-refractivity contribution in [1.82, 2.24) is 9.88 Å². The van der Waals surface area contributed by atoms with Gasteiger partial charge in [-0.3, -0.25) is 14.7 Å². The minimum absolute atomic E-state index is 0.0524. The van der Waals surface area contributed by atoms with Crippen molar-refractivity contribution in [3.8, 4) is 11.5 Å². The predicted molar refractivity (Wildman–Crippen MR) is 103 cm³/mol. The second-order valence-corrected chi connectivity index (χ2v) is 6.64. The van der Waals surface area contributed by atoms with E-state index in [1.807, 2.05) is 36.4 Å². The van der Waals surface area contributed by atoms with E-state index in [0.29, 0.717) is 23.2 Å². The van der Waals surface area contributed by atoms with Gasteiger partial charge < -0.3 is 10.1 Å². The van der Waals surface area contributed by atoms with Gasteiger partial charge in [-0.2, -0.15) is 0 Å². The molecule has 0 radical (unpaired) electrons. The highest BCUT2D eigenvalue weighted by atomic mass is 16.5. The standard InChI is InChI=1S/C21H27N3O2/c1-3-16(4-2)24-14-8-11-19(24)21(25)23-18-10-5-6-12-20(18)26-17-9-7-13-22-15-17/h5-7,9-10,12-13,15-16,19H,3-4,8,11,14H2,1-2H3,(H,23,25)/t19-/m0/s1. The quantitative estimate of drug-likeness (QED) is 0.798. The van der Waals surface area contributed by atoms with Gasteiger partial charge in [-0.15, -0.1) is 0 Å². The number of anilines is 1. The molecule has 1 atom stereocenters. The third-order valence-corrected chi connectivity index (χ3v) is 5.02. The van der Waals surface area contributed by atoms with Gasteiger partial charge in [0.1, 0.15) is 5.75 Å². The topological polar surface area (TPSA) is 54.5 Å². The molecule has 0 bridgehead atoms. The molecule has 138 valence electrons. The molecule has 0 unspecified atom stereocenters. The Balaban J connectivity index is 1.73. The van der Waals surface area contributed by atoms with Gasteiger partial charge in [0.25, 0.3) is 0 Å². The zero-order valence-electron chi connectivity index (χ0n) is 15.5. The van der Waals surface area contributed by atoms with Crippen molar-refractivity contribution in [3.05, 3.63) is 48.8 Å². The van der Waals surface area contributed by atoms with Crippen LogP contribution < -0.4 is 10.1 Å². The van der Waals surface area contributed by atoms with E-state index in [2.05, 4.69) is 29.0 Å². The number of carbonyl (C=O) groups excluding carboxylic acids is 1. The normalized spacial score (nSPS) is 17.4. The Bertz CT molecular complexity index is 716. The van der Waals surface area contributed by atoms with Crippen LogP contribution in [0.3, 0.4) is 0 Å². The van der Waals surface area contributed by atoms with Gasteiger partial charge in [-0.1, -0.05) is 26.0 Å². The Labute approximate surface area is 155 Å². The van der Waals surface area contributed by atoms with E-state index in [4.69, 9.17) is 4.74 Å². The van der Waals surface area contributed by atoms with Crippen LogP contribution in [0.25, 0.3) is 0 Å². The predicted octanol–water partition coefficient (Wildman–Crippen LogP) is 4.47. The molecule has 1 aromatic carbocycles. The number of likely N-dealkylation sites (tertiary alicyclic amines) is 1. The van der Waals surface area contributed by atoms with Gasteiger partial charge in [0.05, 0.1) is 17.9 Å². The number of aromatic nitrogens is 1. The first kappa shape index (κ1) is 18.4. The number of nitrogens with one attached hydrogen (secondary N) is 1. The number of para-hydroxylation sites is 2. The molecule has 2 aromatic rings. The summed E-state index contributed by atoms with van der Waals surface area (Å²) in [6.07, 6.45) is 7.48. The summed E-state index contributed by atoms with van der Waals surface area (Å²) >= 11 is 0. The molecular weight excluding hydrogens is 326 g/mol. The number of amides is 1. The molecule has 0 aliphatic carbocycles. The summed E-state index contributed by atoms with van der Waals surface area (Å²) in [7, 11) is 0. The maximum atomic E-state index is 12.9. The average molecular weight is 353 g/mol. The van der Waals surface area contributed by atoms with Crippen molar-refractivity contribution in [3.63, 3.8) is 0 Å². The summed E-state index contributed by atoms with van der Waals surface area (Å²) in [5.74, 6) is 1.33. The van der Waals surface area contributed by atoms with E-state index in [1.54, 1.807) is 12.4 Å². The molecule has 1 fully saturated rings. The van der Waals surface area contributed by atoms with Gasteiger partial charge >= 0.3 is 0 Å². The van der Waals surface area contributed by atoms with Crippen LogP contribution in [0.15, 0.2) is 48.8 Å². The van der Waals surface area contributed by atoms with E-state index in [0.717, 1.165) is 32.2 Å². The van der Waals surface area contributed by atoms with Crippen molar-refractivity contribution >= 4 is 11.6 Å². The Morgan fingerprint density at radius 2 is 2.08 bits per heavy atom. The summed E-state index contributed by atoms with van der Waals surface area (Å²) in [4.78, 5) is 19.4. The highest BCUT2D eigenvalue weighted by Crippen LogP contribution is 2.30. The van der Waals surface area contributed by atoms with Gasteiger partial charge in [-0.25, -0.2) is 0 Å². The summed E-state index contributed by atoms with van der Waals surface area (Å²) < 4.78 is 5.90. The average Bonchev–Trinajstić information content (AvgIpc) is 3.15. The summed E-state index contributed by atoms with van der Waals surface area (Å²) in [6, 6.07) is 11.6. The minimum Gasteiger partial charge on any atom is -0.454 e. The van der Waals surface area contributed by atoms with Crippen LogP contribution in [-0.4, -0.2) is 34.4 Å². The fraction of sp³-hybridized carbons (Fsp3) is 0.429. The molecule has 1 amide bonds.